The lowest BCUT2D eigenvalue weighted by molar-refractivity contribution is -0.132. The van der Waals surface area contributed by atoms with Gasteiger partial charge in [-0.25, -0.2) is 8.42 Å². The second-order valence-electron chi connectivity index (χ2n) is 10.5. The highest BCUT2D eigenvalue weighted by Gasteiger charge is 2.52. The van der Waals surface area contributed by atoms with E-state index in [1.54, 1.807) is 31.4 Å². The predicted octanol–water partition coefficient (Wildman–Crippen LogP) is 2.47. The molecule has 1 amide bonds. The summed E-state index contributed by atoms with van der Waals surface area (Å²) >= 11 is 0. The van der Waals surface area contributed by atoms with Crippen LogP contribution in [0.25, 0.3) is 0 Å². The third-order valence-corrected chi connectivity index (χ3v) is 10.2. The molecular formula is C24H35N3O4S. The van der Waals surface area contributed by atoms with Crippen LogP contribution < -0.4 is 10.1 Å². The number of benzene rings is 1. The molecule has 1 heterocycles. The monoisotopic (exact) mass is 461 g/mol. The fourth-order valence-electron chi connectivity index (χ4n) is 7.02. The molecule has 0 aromatic heterocycles. The fourth-order valence-corrected chi connectivity index (χ4v) is 8.45. The lowest BCUT2D eigenvalue weighted by Gasteiger charge is -2.57. The zero-order valence-electron chi connectivity index (χ0n) is 19.1. The van der Waals surface area contributed by atoms with Crippen molar-refractivity contribution < 1.29 is 17.9 Å². The number of nitrogens with one attached hydrogen (secondary N) is 1. The maximum absolute atomic E-state index is 13.2. The first-order valence-electron chi connectivity index (χ1n) is 12.0. The van der Waals surface area contributed by atoms with Crippen molar-refractivity contribution in [2.24, 2.45) is 17.8 Å². The minimum Gasteiger partial charge on any atom is -0.497 e. The average molecular weight is 462 g/mol. The minimum atomic E-state index is -3.54. The summed E-state index contributed by atoms with van der Waals surface area (Å²) in [5.41, 5.74) is 0.0135. The smallest absolute Gasteiger partial charge is 0.243 e. The van der Waals surface area contributed by atoms with Gasteiger partial charge >= 0.3 is 0 Å². The van der Waals surface area contributed by atoms with E-state index in [4.69, 9.17) is 4.74 Å². The minimum absolute atomic E-state index is 0.0135. The molecule has 6 rings (SSSR count). The number of piperazine rings is 1. The lowest BCUT2D eigenvalue weighted by atomic mass is 9.53. The van der Waals surface area contributed by atoms with Crippen LogP contribution in [0.3, 0.4) is 0 Å². The first-order valence-corrected chi connectivity index (χ1v) is 13.4. The van der Waals surface area contributed by atoms with Crippen molar-refractivity contribution >= 4 is 15.9 Å². The molecule has 4 aliphatic carbocycles. The van der Waals surface area contributed by atoms with Gasteiger partial charge in [-0.3, -0.25) is 9.69 Å². The van der Waals surface area contributed by atoms with Gasteiger partial charge in [0.2, 0.25) is 15.9 Å². The van der Waals surface area contributed by atoms with Gasteiger partial charge in [-0.1, -0.05) is 0 Å². The zero-order chi connectivity index (χ0) is 22.5. The van der Waals surface area contributed by atoms with Gasteiger partial charge in [0.15, 0.2) is 0 Å². The van der Waals surface area contributed by atoms with Gasteiger partial charge in [0.05, 0.1) is 18.0 Å². The number of carbonyl (C=O) groups excluding carboxylic acids is 1. The molecule has 0 radical (unpaired) electrons. The van der Waals surface area contributed by atoms with E-state index in [0.717, 1.165) is 37.0 Å². The Morgan fingerprint density at radius 2 is 1.53 bits per heavy atom. The summed E-state index contributed by atoms with van der Waals surface area (Å²) in [6.07, 6.45) is 7.50. The van der Waals surface area contributed by atoms with Gasteiger partial charge in [0.25, 0.3) is 0 Å². The molecule has 5 aliphatic rings. The molecule has 1 saturated heterocycles. The van der Waals surface area contributed by atoms with Crippen LogP contribution in [0.2, 0.25) is 0 Å². The molecule has 1 atom stereocenters. The molecule has 0 spiro atoms. The van der Waals surface area contributed by atoms with Crippen molar-refractivity contribution in [3.8, 4) is 5.75 Å². The van der Waals surface area contributed by atoms with Crippen molar-refractivity contribution in [2.75, 3.05) is 33.3 Å². The topological polar surface area (TPSA) is 79.0 Å². The van der Waals surface area contributed by atoms with Crippen molar-refractivity contribution in [3.63, 3.8) is 0 Å². The molecule has 8 heteroatoms. The van der Waals surface area contributed by atoms with Crippen LogP contribution in [0.4, 0.5) is 0 Å². The Bertz CT molecular complexity index is 919. The Hall–Kier alpha value is -1.64. The van der Waals surface area contributed by atoms with Gasteiger partial charge in [-0.2, -0.15) is 4.31 Å². The van der Waals surface area contributed by atoms with E-state index in [-0.39, 0.29) is 22.4 Å². The third-order valence-electron chi connectivity index (χ3n) is 8.32. The Morgan fingerprint density at radius 3 is 2.03 bits per heavy atom. The van der Waals surface area contributed by atoms with Gasteiger partial charge in [-0.15, -0.1) is 0 Å². The second kappa shape index (κ2) is 8.29. The number of sulfonamides is 1. The largest absolute Gasteiger partial charge is 0.497 e. The fraction of sp³-hybridized carbons (Fsp3) is 0.708. The zero-order valence-corrected chi connectivity index (χ0v) is 19.9. The molecule has 176 valence electrons. The first kappa shape index (κ1) is 22.2. The molecular weight excluding hydrogens is 426 g/mol. The predicted molar refractivity (Wildman–Crippen MR) is 122 cm³/mol. The normalized spacial score (nSPS) is 33.8. The van der Waals surface area contributed by atoms with E-state index < -0.39 is 10.0 Å². The number of nitrogens with zero attached hydrogens (tertiary/aromatic N) is 2. The standard InChI is InChI=1S/C24H35N3O4S/c1-17(23(28)25-24-14-18-11-19(15-24)13-20(12-18)16-24)26-7-9-27(10-8-26)32(29,30)22-5-3-21(31-2)4-6-22/h3-6,17-20H,7-16H2,1-2H3,(H,25,28). The molecule has 1 aromatic rings. The molecule has 32 heavy (non-hydrogen) atoms. The van der Waals surface area contributed by atoms with Crippen molar-refractivity contribution in [1.29, 1.82) is 0 Å². The second-order valence-corrected chi connectivity index (χ2v) is 12.4. The molecule has 1 unspecified atom stereocenters. The van der Waals surface area contributed by atoms with Crippen LogP contribution in [-0.4, -0.2) is 68.4 Å². The number of methoxy groups -OCH3 is 1. The summed E-state index contributed by atoms with van der Waals surface area (Å²) in [6, 6.07) is 6.26. The van der Waals surface area contributed by atoms with Crippen molar-refractivity contribution in [2.45, 2.75) is 61.9 Å². The van der Waals surface area contributed by atoms with E-state index in [9.17, 15) is 13.2 Å². The van der Waals surface area contributed by atoms with E-state index in [1.165, 1.54) is 23.6 Å². The van der Waals surface area contributed by atoms with Crippen LogP contribution in [0.15, 0.2) is 29.2 Å². The van der Waals surface area contributed by atoms with E-state index in [0.29, 0.717) is 31.9 Å². The highest BCUT2D eigenvalue weighted by molar-refractivity contribution is 7.89. The summed E-state index contributed by atoms with van der Waals surface area (Å²) in [6.45, 7) is 3.87. The summed E-state index contributed by atoms with van der Waals surface area (Å²) in [4.78, 5) is 15.6. The van der Waals surface area contributed by atoms with Crippen LogP contribution in [0, 0.1) is 17.8 Å². The van der Waals surface area contributed by atoms with Gasteiger partial charge in [0, 0.05) is 31.7 Å². The Kier molecular flexibility index (Phi) is 5.75. The Labute approximate surface area is 191 Å². The summed E-state index contributed by atoms with van der Waals surface area (Å²) in [5, 5.41) is 3.48. The van der Waals surface area contributed by atoms with Gasteiger partial charge in [0.1, 0.15) is 5.75 Å². The van der Waals surface area contributed by atoms with Gasteiger partial charge < -0.3 is 10.1 Å². The molecule has 4 saturated carbocycles. The first-order chi connectivity index (χ1) is 15.3. The number of hydrogen-bond acceptors (Lipinski definition) is 5. The summed E-state index contributed by atoms with van der Waals surface area (Å²) in [5.74, 6) is 3.13. The summed E-state index contributed by atoms with van der Waals surface area (Å²) < 4.78 is 32.6. The van der Waals surface area contributed by atoms with Crippen LogP contribution in [-0.2, 0) is 14.8 Å². The number of amides is 1. The van der Waals surface area contributed by atoms with E-state index in [1.807, 2.05) is 6.92 Å². The quantitative estimate of drug-likeness (QED) is 0.704. The third kappa shape index (κ3) is 4.05. The van der Waals surface area contributed by atoms with Crippen molar-refractivity contribution in [1.82, 2.24) is 14.5 Å². The number of hydrogen-bond donors (Lipinski definition) is 1. The number of rotatable bonds is 6. The molecule has 4 bridgehead atoms. The maximum atomic E-state index is 13.2. The maximum Gasteiger partial charge on any atom is 0.243 e. The Morgan fingerprint density at radius 1 is 1.00 bits per heavy atom. The van der Waals surface area contributed by atoms with E-state index in [2.05, 4.69) is 10.2 Å². The lowest BCUT2D eigenvalue weighted by Crippen LogP contribution is -2.63. The molecule has 1 aliphatic heterocycles. The molecule has 1 N–H and O–H groups in total. The van der Waals surface area contributed by atoms with Crippen LogP contribution >= 0.6 is 0 Å². The highest BCUT2D eigenvalue weighted by Crippen LogP contribution is 2.55. The van der Waals surface area contributed by atoms with Crippen molar-refractivity contribution in [3.05, 3.63) is 24.3 Å². The van der Waals surface area contributed by atoms with Crippen LogP contribution in [0.5, 0.6) is 5.75 Å². The summed E-state index contributed by atoms with van der Waals surface area (Å²) in [7, 11) is -1.98. The van der Waals surface area contributed by atoms with Crippen LogP contribution in [0.1, 0.15) is 45.4 Å². The molecule has 1 aromatic carbocycles. The highest BCUT2D eigenvalue weighted by atomic mass is 32.2. The SMILES string of the molecule is COc1ccc(S(=O)(=O)N2CCN(C(C)C(=O)NC34CC5CC(CC(C5)C3)C4)CC2)cc1. The average Bonchev–Trinajstić information content (AvgIpc) is 2.77. The van der Waals surface area contributed by atoms with Gasteiger partial charge in [-0.05, 0) is 87.5 Å². The van der Waals surface area contributed by atoms with E-state index >= 15 is 0 Å². The number of carbonyl (C=O) groups is 1. The number of ether oxygens (including phenoxy) is 1. The molecule has 7 nitrogen and oxygen atoms in total. The molecule has 5 fully saturated rings. The Balaban J connectivity index is 1.18.